The third-order valence-corrected chi connectivity index (χ3v) is 3.94. The molecule has 2 N–H and O–H groups in total. The van der Waals surface area contributed by atoms with E-state index in [1.54, 1.807) is 24.6 Å². The van der Waals surface area contributed by atoms with Gasteiger partial charge in [-0.2, -0.15) is 0 Å². The van der Waals surface area contributed by atoms with Crippen molar-refractivity contribution < 1.29 is 4.74 Å². The highest BCUT2D eigenvalue weighted by molar-refractivity contribution is 7.09. The molecular formula is C13H14N4OS. The number of thiazole rings is 1. The molecule has 6 heteroatoms. The van der Waals surface area contributed by atoms with Gasteiger partial charge in [-0.15, -0.1) is 11.3 Å². The van der Waals surface area contributed by atoms with Gasteiger partial charge in [-0.25, -0.2) is 4.98 Å². The van der Waals surface area contributed by atoms with Crippen molar-refractivity contribution in [3.8, 4) is 5.75 Å². The minimum atomic E-state index is 0.0521. The number of para-hydroxylation sites is 2. The van der Waals surface area contributed by atoms with Gasteiger partial charge in [-0.3, -0.25) is 9.89 Å². The molecule has 0 bridgehead atoms. The van der Waals surface area contributed by atoms with Crippen LogP contribution in [0.2, 0.25) is 0 Å². The van der Waals surface area contributed by atoms with Crippen molar-refractivity contribution in [3.63, 3.8) is 0 Å². The van der Waals surface area contributed by atoms with Crippen molar-refractivity contribution in [2.24, 2.45) is 10.7 Å². The van der Waals surface area contributed by atoms with Crippen molar-refractivity contribution in [2.45, 2.75) is 6.04 Å². The first-order valence-electron chi connectivity index (χ1n) is 5.93. The SMILES string of the molecule is COc1ccccc1N1C(N)=NCC1c1nccs1. The second-order valence-electron chi connectivity index (χ2n) is 4.13. The number of hydrogen-bond acceptors (Lipinski definition) is 6. The van der Waals surface area contributed by atoms with Gasteiger partial charge in [0.1, 0.15) is 16.8 Å². The van der Waals surface area contributed by atoms with E-state index in [9.17, 15) is 0 Å². The van der Waals surface area contributed by atoms with E-state index in [0.29, 0.717) is 12.5 Å². The van der Waals surface area contributed by atoms with Gasteiger partial charge in [-0.05, 0) is 12.1 Å². The van der Waals surface area contributed by atoms with E-state index in [-0.39, 0.29) is 6.04 Å². The van der Waals surface area contributed by atoms with E-state index in [2.05, 4.69) is 9.98 Å². The first-order valence-corrected chi connectivity index (χ1v) is 6.81. The van der Waals surface area contributed by atoms with Crippen molar-refractivity contribution in [2.75, 3.05) is 18.6 Å². The van der Waals surface area contributed by atoms with Crippen LogP contribution in [0.15, 0.2) is 40.8 Å². The molecule has 98 valence electrons. The molecule has 19 heavy (non-hydrogen) atoms. The fourth-order valence-corrected chi connectivity index (χ4v) is 2.93. The van der Waals surface area contributed by atoms with Crippen molar-refractivity contribution >= 4 is 23.0 Å². The number of anilines is 1. The van der Waals surface area contributed by atoms with Gasteiger partial charge < -0.3 is 10.5 Å². The second-order valence-corrected chi connectivity index (χ2v) is 5.05. The summed E-state index contributed by atoms with van der Waals surface area (Å²) in [6.45, 7) is 0.622. The summed E-state index contributed by atoms with van der Waals surface area (Å²) < 4.78 is 5.40. The maximum Gasteiger partial charge on any atom is 0.196 e. The summed E-state index contributed by atoms with van der Waals surface area (Å²) >= 11 is 1.61. The van der Waals surface area contributed by atoms with Crippen LogP contribution in [0.25, 0.3) is 0 Å². The number of guanidine groups is 1. The van der Waals surface area contributed by atoms with E-state index in [0.717, 1.165) is 16.4 Å². The quantitative estimate of drug-likeness (QED) is 0.930. The van der Waals surface area contributed by atoms with Crippen LogP contribution >= 0.6 is 11.3 Å². The fraction of sp³-hybridized carbons (Fsp3) is 0.231. The van der Waals surface area contributed by atoms with Crippen LogP contribution in [0.5, 0.6) is 5.75 Å². The second kappa shape index (κ2) is 4.89. The third-order valence-electron chi connectivity index (χ3n) is 3.07. The minimum absolute atomic E-state index is 0.0521. The van der Waals surface area contributed by atoms with E-state index in [1.807, 2.05) is 34.5 Å². The van der Waals surface area contributed by atoms with Gasteiger partial charge in [0, 0.05) is 11.6 Å². The lowest BCUT2D eigenvalue weighted by Gasteiger charge is -2.26. The molecule has 0 radical (unpaired) electrons. The number of nitrogens with zero attached hydrogens (tertiary/aromatic N) is 3. The van der Waals surface area contributed by atoms with Gasteiger partial charge >= 0.3 is 0 Å². The molecule has 0 amide bonds. The number of hydrogen-bond donors (Lipinski definition) is 1. The first kappa shape index (κ1) is 12.0. The Kier molecular flexibility index (Phi) is 3.08. The Morgan fingerprint density at radius 1 is 1.42 bits per heavy atom. The molecule has 1 aliphatic heterocycles. The topological polar surface area (TPSA) is 63.7 Å². The zero-order chi connectivity index (χ0) is 13.2. The van der Waals surface area contributed by atoms with E-state index >= 15 is 0 Å². The Morgan fingerprint density at radius 2 is 2.26 bits per heavy atom. The Balaban J connectivity index is 2.03. The molecule has 1 aromatic heterocycles. The van der Waals surface area contributed by atoms with Gasteiger partial charge in [0.15, 0.2) is 5.96 Å². The summed E-state index contributed by atoms with van der Waals surface area (Å²) in [7, 11) is 1.65. The number of nitrogens with two attached hydrogens (primary N) is 1. The van der Waals surface area contributed by atoms with Crippen molar-refractivity contribution in [1.82, 2.24) is 4.98 Å². The summed E-state index contributed by atoms with van der Waals surface area (Å²) in [5, 5.41) is 2.97. The van der Waals surface area contributed by atoms with Crippen LogP contribution in [0.3, 0.4) is 0 Å². The molecule has 1 unspecified atom stereocenters. The Morgan fingerprint density at radius 3 is 3.00 bits per heavy atom. The maximum absolute atomic E-state index is 6.03. The number of aliphatic imine (C=N–C) groups is 1. The summed E-state index contributed by atoms with van der Waals surface area (Å²) in [6.07, 6.45) is 1.80. The Hall–Kier alpha value is -2.08. The molecule has 1 aromatic carbocycles. The van der Waals surface area contributed by atoms with Crippen LogP contribution < -0.4 is 15.4 Å². The van der Waals surface area contributed by atoms with E-state index in [4.69, 9.17) is 10.5 Å². The number of methoxy groups -OCH3 is 1. The van der Waals surface area contributed by atoms with Crippen LogP contribution in [0, 0.1) is 0 Å². The molecule has 1 atom stereocenters. The normalized spacial score (nSPS) is 18.5. The average molecular weight is 274 g/mol. The van der Waals surface area contributed by atoms with E-state index in [1.165, 1.54) is 0 Å². The molecule has 0 fully saturated rings. The molecule has 5 nitrogen and oxygen atoms in total. The summed E-state index contributed by atoms with van der Waals surface area (Å²) in [4.78, 5) is 10.7. The number of aromatic nitrogens is 1. The summed E-state index contributed by atoms with van der Waals surface area (Å²) in [5.41, 5.74) is 6.95. The van der Waals surface area contributed by atoms with Crippen LogP contribution in [0.4, 0.5) is 5.69 Å². The highest BCUT2D eigenvalue weighted by atomic mass is 32.1. The van der Waals surface area contributed by atoms with Crippen LogP contribution in [0.1, 0.15) is 11.0 Å². The molecule has 0 saturated carbocycles. The third kappa shape index (κ3) is 2.04. The lowest BCUT2D eigenvalue weighted by atomic mass is 10.2. The van der Waals surface area contributed by atoms with Gasteiger partial charge in [0.25, 0.3) is 0 Å². The smallest absolute Gasteiger partial charge is 0.196 e. The number of ether oxygens (including phenoxy) is 1. The molecule has 2 aromatic rings. The zero-order valence-corrected chi connectivity index (χ0v) is 11.3. The molecule has 3 rings (SSSR count). The standard InChI is InChI=1S/C13H14N4OS/c1-18-11-5-3-2-4-9(11)17-10(8-16-13(17)14)12-15-6-7-19-12/h2-7,10H,8H2,1H3,(H2,14,16). The van der Waals surface area contributed by atoms with Crippen LogP contribution in [-0.2, 0) is 0 Å². The maximum atomic E-state index is 6.03. The Bertz CT molecular complexity index is 596. The monoisotopic (exact) mass is 274 g/mol. The number of benzene rings is 1. The zero-order valence-electron chi connectivity index (χ0n) is 10.5. The molecule has 0 saturated heterocycles. The minimum Gasteiger partial charge on any atom is -0.495 e. The first-order chi connectivity index (χ1) is 9.31. The molecule has 1 aliphatic rings. The Labute approximate surface area is 115 Å². The average Bonchev–Trinajstić information content (AvgIpc) is 3.07. The summed E-state index contributed by atoms with van der Waals surface area (Å²) in [6, 6.07) is 7.84. The fourth-order valence-electron chi connectivity index (χ4n) is 2.21. The number of rotatable bonds is 3. The van der Waals surface area contributed by atoms with Crippen molar-refractivity contribution in [3.05, 3.63) is 40.8 Å². The highest BCUT2D eigenvalue weighted by Gasteiger charge is 2.32. The van der Waals surface area contributed by atoms with Crippen molar-refractivity contribution in [1.29, 1.82) is 0 Å². The largest absolute Gasteiger partial charge is 0.495 e. The molecule has 2 heterocycles. The highest BCUT2D eigenvalue weighted by Crippen LogP contribution is 2.37. The van der Waals surface area contributed by atoms with Gasteiger partial charge in [0.2, 0.25) is 0 Å². The lowest BCUT2D eigenvalue weighted by molar-refractivity contribution is 0.415. The van der Waals surface area contributed by atoms with Gasteiger partial charge in [0.05, 0.1) is 19.3 Å². The van der Waals surface area contributed by atoms with Gasteiger partial charge in [-0.1, -0.05) is 12.1 Å². The van der Waals surface area contributed by atoms with E-state index < -0.39 is 0 Å². The molecular weight excluding hydrogens is 260 g/mol. The predicted octanol–water partition coefficient (Wildman–Crippen LogP) is 2.03. The molecule has 0 spiro atoms. The summed E-state index contributed by atoms with van der Waals surface area (Å²) in [5.74, 6) is 1.29. The molecule has 0 aliphatic carbocycles. The predicted molar refractivity (Wildman–Crippen MR) is 76.8 cm³/mol. The van der Waals surface area contributed by atoms with Crippen LogP contribution in [-0.4, -0.2) is 24.6 Å². The lowest BCUT2D eigenvalue weighted by Crippen LogP contribution is -2.36.